The van der Waals surface area contributed by atoms with Crippen molar-refractivity contribution in [1.29, 1.82) is 0 Å². The van der Waals surface area contributed by atoms with Gasteiger partial charge in [0.05, 0.1) is 23.1 Å². The summed E-state index contributed by atoms with van der Waals surface area (Å²) < 4.78 is 38.1. The van der Waals surface area contributed by atoms with Crippen molar-refractivity contribution in [3.05, 3.63) is 59.7 Å². The fraction of sp³-hybridized carbons (Fsp3) is 0.440. The van der Waals surface area contributed by atoms with Crippen molar-refractivity contribution in [2.75, 3.05) is 31.1 Å². The van der Waals surface area contributed by atoms with Gasteiger partial charge in [0, 0.05) is 62.4 Å². The molecule has 1 amide bonds. The van der Waals surface area contributed by atoms with Crippen LogP contribution in [0.15, 0.2) is 37.1 Å². The summed E-state index contributed by atoms with van der Waals surface area (Å²) in [5, 5.41) is 0. The maximum atomic E-state index is 12.8. The van der Waals surface area contributed by atoms with Crippen LogP contribution in [0.25, 0.3) is 11.3 Å². The van der Waals surface area contributed by atoms with E-state index in [1.807, 2.05) is 24.7 Å². The molecule has 0 N–H and O–H groups in total. The number of alkyl halides is 3. The third-order valence-corrected chi connectivity index (χ3v) is 6.92. The van der Waals surface area contributed by atoms with Gasteiger partial charge in [0.2, 0.25) is 5.82 Å². The highest BCUT2D eigenvalue weighted by molar-refractivity contribution is 5.93. The molecule has 2 aliphatic carbocycles. The molecule has 36 heavy (non-hydrogen) atoms. The number of hydrogen-bond donors (Lipinski definition) is 0. The average molecular weight is 496 g/mol. The number of hydrogen-bond acceptors (Lipinski definition) is 7. The molecule has 3 aromatic rings. The monoisotopic (exact) mass is 495 g/mol. The molecule has 3 aliphatic rings. The van der Waals surface area contributed by atoms with Crippen molar-refractivity contribution in [2.45, 2.75) is 43.7 Å². The van der Waals surface area contributed by atoms with E-state index < -0.39 is 12.0 Å². The van der Waals surface area contributed by atoms with Gasteiger partial charge in [0.25, 0.3) is 5.91 Å². The Morgan fingerprint density at radius 2 is 1.58 bits per heavy atom. The number of aromatic nitrogens is 5. The highest BCUT2D eigenvalue weighted by Gasteiger charge is 2.35. The largest absolute Gasteiger partial charge is 0.451 e. The number of carbonyl (C=O) groups is 1. The third-order valence-electron chi connectivity index (χ3n) is 6.92. The minimum atomic E-state index is -4.64. The molecule has 6 rings (SSSR count). The first-order chi connectivity index (χ1) is 17.4. The van der Waals surface area contributed by atoms with Crippen LogP contribution < -0.4 is 4.90 Å². The van der Waals surface area contributed by atoms with Gasteiger partial charge in [-0.25, -0.2) is 15.0 Å². The molecule has 1 saturated heterocycles. The van der Waals surface area contributed by atoms with Gasteiger partial charge < -0.3 is 9.80 Å². The molecule has 0 radical (unpaired) electrons. The number of carbonyl (C=O) groups excluding carboxylic acids is 1. The van der Waals surface area contributed by atoms with Crippen LogP contribution in [-0.4, -0.2) is 61.9 Å². The number of piperazine rings is 1. The van der Waals surface area contributed by atoms with Crippen LogP contribution in [0, 0.1) is 0 Å². The number of nitrogens with zero attached hydrogens (tertiary/aromatic N) is 7. The van der Waals surface area contributed by atoms with E-state index in [1.54, 1.807) is 4.90 Å². The molecular formula is C25H24F3N7O. The number of halogens is 3. The minimum absolute atomic E-state index is 0.0395. The maximum Gasteiger partial charge on any atom is 0.451 e. The lowest BCUT2D eigenvalue weighted by molar-refractivity contribution is -0.145. The normalized spacial score (nSPS) is 18.4. The lowest BCUT2D eigenvalue weighted by Gasteiger charge is -2.35. The Morgan fingerprint density at radius 3 is 2.22 bits per heavy atom. The van der Waals surface area contributed by atoms with Crippen molar-refractivity contribution in [1.82, 2.24) is 29.8 Å². The Morgan fingerprint density at radius 1 is 0.889 bits per heavy atom. The lowest BCUT2D eigenvalue weighted by Crippen LogP contribution is -2.49. The van der Waals surface area contributed by atoms with E-state index in [-0.39, 0.29) is 11.5 Å². The zero-order valence-corrected chi connectivity index (χ0v) is 19.4. The molecule has 4 heterocycles. The lowest BCUT2D eigenvalue weighted by atomic mass is 10.0. The first-order valence-electron chi connectivity index (χ1n) is 12.1. The van der Waals surface area contributed by atoms with E-state index in [9.17, 15) is 18.0 Å². The van der Waals surface area contributed by atoms with Gasteiger partial charge in [-0.3, -0.25) is 14.8 Å². The Hall–Kier alpha value is -3.63. The quantitative estimate of drug-likeness (QED) is 0.527. The molecule has 0 bridgehead atoms. The van der Waals surface area contributed by atoms with Gasteiger partial charge in [-0.2, -0.15) is 13.2 Å². The maximum absolute atomic E-state index is 12.8. The number of rotatable bonds is 5. The van der Waals surface area contributed by atoms with Crippen molar-refractivity contribution < 1.29 is 18.0 Å². The predicted molar refractivity (Wildman–Crippen MR) is 124 cm³/mol. The average Bonchev–Trinajstić information content (AvgIpc) is 3.82. The highest BCUT2D eigenvalue weighted by atomic mass is 19.4. The van der Waals surface area contributed by atoms with Crippen molar-refractivity contribution in [3.8, 4) is 11.3 Å². The molecule has 3 fully saturated rings. The van der Waals surface area contributed by atoms with E-state index in [1.165, 1.54) is 18.4 Å². The minimum Gasteiger partial charge on any atom is -0.352 e. The zero-order chi connectivity index (χ0) is 24.9. The van der Waals surface area contributed by atoms with Crippen LogP contribution >= 0.6 is 0 Å². The molecular weight excluding hydrogens is 471 g/mol. The molecule has 0 unspecified atom stereocenters. The number of amides is 1. The summed E-state index contributed by atoms with van der Waals surface area (Å²) in [7, 11) is 0. The van der Waals surface area contributed by atoms with E-state index in [0.717, 1.165) is 48.0 Å². The van der Waals surface area contributed by atoms with Crippen LogP contribution in [-0.2, 0) is 6.18 Å². The molecule has 0 spiro atoms. The summed E-state index contributed by atoms with van der Waals surface area (Å²) >= 11 is 0. The van der Waals surface area contributed by atoms with Crippen molar-refractivity contribution in [3.63, 3.8) is 0 Å². The van der Waals surface area contributed by atoms with Gasteiger partial charge in [-0.05, 0) is 43.2 Å². The SMILES string of the molecule is O=C(c1cnc(C(F)(F)F)nc1)N1CCN(c2cnc(C3CC3)c(-c3ccncc3C3CC3)n2)CC1. The predicted octanol–water partition coefficient (Wildman–Crippen LogP) is 4.06. The smallest absolute Gasteiger partial charge is 0.352 e. The molecule has 0 atom stereocenters. The van der Waals surface area contributed by atoms with Gasteiger partial charge >= 0.3 is 6.18 Å². The Labute approximate surface area is 205 Å². The first-order valence-corrected chi connectivity index (χ1v) is 12.1. The fourth-order valence-corrected chi connectivity index (χ4v) is 4.64. The van der Waals surface area contributed by atoms with Crippen molar-refractivity contribution in [2.24, 2.45) is 0 Å². The summed E-state index contributed by atoms with van der Waals surface area (Å²) in [5.74, 6) is 0.104. The topological polar surface area (TPSA) is 88.0 Å². The molecule has 1 aliphatic heterocycles. The van der Waals surface area contributed by atoms with E-state index in [0.29, 0.717) is 38.0 Å². The molecule has 0 aromatic carbocycles. The zero-order valence-electron chi connectivity index (χ0n) is 19.4. The Bertz CT molecular complexity index is 1280. The second-order valence-electron chi connectivity index (χ2n) is 9.55. The summed E-state index contributed by atoms with van der Waals surface area (Å²) in [6.45, 7) is 1.89. The summed E-state index contributed by atoms with van der Waals surface area (Å²) in [6, 6.07) is 2.04. The Kier molecular flexibility index (Phi) is 5.57. The second-order valence-corrected chi connectivity index (χ2v) is 9.55. The van der Waals surface area contributed by atoms with Crippen LogP contribution in [0.4, 0.5) is 19.0 Å². The van der Waals surface area contributed by atoms with Crippen LogP contribution in [0.1, 0.15) is 65.0 Å². The van der Waals surface area contributed by atoms with E-state index >= 15 is 0 Å². The third kappa shape index (κ3) is 4.49. The molecule has 3 aromatic heterocycles. The van der Waals surface area contributed by atoms with Gasteiger partial charge in [-0.15, -0.1) is 0 Å². The number of anilines is 1. The number of pyridine rings is 1. The van der Waals surface area contributed by atoms with Crippen LogP contribution in [0.3, 0.4) is 0 Å². The summed E-state index contributed by atoms with van der Waals surface area (Å²) in [6.07, 6.45) is 7.40. The van der Waals surface area contributed by atoms with E-state index in [4.69, 9.17) is 9.97 Å². The van der Waals surface area contributed by atoms with Crippen LogP contribution in [0.2, 0.25) is 0 Å². The van der Waals surface area contributed by atoms with Crippen molar-refractivity contribution >= 4 is 11.7 Å². The highest BCUT2D eigenvalue weighted by Crippen LogP contribution is 2.47. The standard InChI is InChI=1S/C25H24F3N7O/c26-25(27,28)24-31-11-17(12-32-24)23(36)35-9-7-34(8-10-35)20-14-30-21(16-3-4-16)22(33-20)18-5-6-29-13-19(18)15-1-2-15/h5-6,11-16H,1-4,7-10H2. The molecule has 11 heteroatoms. The van der Waals surface area contributed by atoms with Gasteiger partial charge in [-0.1, -0.05) is 0 Å². The first kappa shape index (κ1) is 22.8. The van der Waals surface area contributed by atoms with Crippen LogP contribution in [0.5, 0.6) is 0 Å². The second kappa shape index (κ2) is 8.79. The Balaban J connectivity index is 1.19. The molecule has 2 saturated carbocycles. The molecule has 186 valence electrons. The summed E-state index contributed by atoms with van der Waals surface area (Å²) in [5.41, 5.74) is 4.36. The van der Waals surface area contributed by atoms with Gasteiger partial charge in [0.15, 0.2) is 0 Å². The molecule has 8 nitrogen and oxygen atoms in total. The van der Waals surface area contributed by atoms with Gasteiger partial charge in [0.1, 0.15) is 5.82 Å². The summed E-state index contributed by atoms with van der Waals surface area (Å²) in [4.78, 5) is 37.3. The fourth-order valence-electron chi connectivity index (χ4n) is 4.64. The van der Waals surface area contributed by atoms with E-state index in [2.05, 4.69) is 19.9 Å².